The van der Waals surface area contributed by atoms with Crippen molar-refractivity contribution in [1.29, 1.82) is 0 Å². The number of hydrogen-bond donors (Lipinski definition) is 1. The minimum Gasteiger partial charge on any atom is -0.348 e. The molecule has 0 bridgehead atoms. The maximum atomic E-state index is 12.3. The Morgan fingerprint density at radius 3 is 2.21 bits per heavy atom. The number of aryl methyl sites for hydroxylation is 1. The molecule has 0 saturated carbocycles. The van der Waals surface area contributed by atoms with Crippen LogP contribution in [0.3, 0.4) is 0 Å². The van der Waals surface area contributed by atoms with E-state index in [0.29, 0.717) is 5.69 Å². The number of rotatable bonds is 6. The third kappa shape index (κ3) is 4.83. The molecular formula is C18H22N2O3S. The largest absolute Gasteiger partial charge is 0.348 e. The van der Waals surface area contributed by atoms with Crippen LogP contribution in [0.1, 0.15) is 24.1 Å². The van der Waals surface area contributed by atoms with Crippen molar-refractivity contribution in [2.45, 2.75) is 19.9 Å². The van der Waals surface area contributed by atoms with Crippen LogP contribution in [0.25, 0.3) is 0 Å². The first-order chi connectivity index (χ1) is 11.3. The number of hydrogen-bond acceptors (Lipinski definition) is 3. The Balaban J connectivity index is 2.12. The normalized spacial score (nSPS) is 12.5. The van der Waals surface area contributed by atoms with Gasteiger partial charge in [0, 0.05) is 0 Å². The van der Waals surface area contributed by atoms with Gasteiger partial charge in [-0.3, -0.25) is 9.10 Å². The maximum absolute atomic E-state index is 12.3. The van der Waals surface area contributed by atoms with Gasteiger partial charge in [-0.1, -0.05) is 48.0 Å². The molecule has 2 rings (SSSR count). The molecule has 24 heavy (non-hydrogen) atoms. The summed E-state index contributed by atoms with van der Waals surface area (Å²) in [6.07, 6.45) is 1.10. The van der Waals surface area contributed by atoms with Crippen molar-refractivity contribution in [3.8, 4) is 0 Å². The molecule has 6 heteroatoms. The van der Waals surface area contributed by atoms with Gasteiger partial charge in [0.2, 0.25) is 15.9 Å². The molecule has 0 spiro atoms. The van der Waals surface area contributed by atoms with E-state index >= 15 is 0 Å². The highest BCUT2D eigenvalue weighted by molar-refractivity contribution is 7.92. The second kappa shape index (κ2) is 7.49. The van der Waals surface area contributed by atoms with E-state index < -0.39 is 10.0 Å². The standard InChI is InChI=1S/C18H22N2O3S/c1-14-9-11-17(12-10-14)20(24(3,22)23)13-18(21)19-15(2)16-7-5-4-6-8-16/h4-12,15H,13H2,1-3H3,(H,19,21)/t15-/m1/s1. The zero-order chi connectivity index (χ0) is 17.7. The second-order valence-corrected chi connectivity index (χ2v) is 7.71. The van der Waals surface area contributed by atoms with Crippen molar-refractivity contribution in [2.24, 2.45) is 0 Å². The zero-order valence-electron chi connectivity index (χ0n) is 14.1. The molecule has 0 saturated heterocycles. The number of carbonyl (C=O) groups is 1. The van der Waals surface area contributed by atoms with E-state index in [-0.39, 0.29) is 18.5 Å². The molecular weight excluding hydrogens is 324 g/mol. The summed E-state index contributed by atoms with van der Waals surface area (Å²) >= 11 is 0. The number of nitrogens with zero attached hydrogens (tertiary/aromatic N) is 1. The van der Waals surface area contributed by atoms with Gasteiger partial charge >= 0.3 is 0 Å². The lowest BCUT2D eigenvalue weighted by molar-refractivity contribution is -0.120. The summed E-state index contributed by atoms with van der Waals surface area (Å²) in [4.78, 5) is 12.3. The number of nitrogens with one attached hydrogen (secondary N) is 1. The third-order valence-electron chi connectivity index (χ3n) is 3.69. The van der Waals surface area contributed by atoms with Crippen LogP contribution >= 0.6 is 0 Å². The Kier molecular flexibility index (Phi) is 5.62. The van der Waals surface area contributed by atoms with Crippen molar-refractivity contribution < 1.29 is 13.2 Å². The molecule has 0 aromatic heterocycles. The molecule has 0 heterocycles. The Morgan fingerprint density at radius 2 is 1.67 bits per heavy atom. The van der Waals surface area contributed by atoms with Crippen LogP contribution in [0.5, 0.6) is 0 Å². The van der Waals surface area contributed by atoms with Gasteiger partial charge in [-0.25, -0.2) is 8.42 Å². The molecule has 0 radical (unpaired) electrons. The number of carbonyl (C=O) groups excluding carboxylic acids is 1. The van der Waals surface area contributed by atoms with Crippen molar-refractivity contribution in [1.82, 2.24) is 5.32 Å². The van der Waals surface area contributed by atoms with Gasteiger partial charge in [-0.05, 0) is 31.5 Å². The van der Waals surface area contributed by atoms with Gasteiger partial charge < -0.3 is 5.32 Å². The molecule has 2 aromatic rings. The zero-order valence-corrected chi connectivity index (χ0v) is 14.9. The summed E-state index contributed by atoms with van der Waals surface area (Å²) in [5.41, 5.74) is 2.46. The predicted molar refractivity (Wildman–Crippen MR) is 96.4 cm³/mol. The van der Waals surface area contributed by atoms with Crippen molar-refractivity contribution in [3.05, 3.63) is 65.7 Å². The Morgan fingerprint density at radius 1 is 1.08 bits per heavy atom. The summed E-state index contributed by atoms with van der Waals surface area (Å²) in [5.74, 6) is -0.350. The minimum absolute atomic E-state index is 0.196. The highest BCUT2D eigenvalue weighted by atomic mass is 32.2. The van der Waals surface area contributed by atoms with E-state index in [1.54, 1.807) is 12.1 Å². The molecule has 1 N–H and O–H groups in total. The summed E-state index contributed by atoms with van der Waals surface area (Å²) in [6, 6.07) is 16.4. The summed E-state index contributed by atoms with van der Waals surface area (Å²) in [5, 5.41) is 2.83. The molecule has 2 aromatic carbocycles. The summed E-state index contributed by atoms with van der Waals surface area (Å²) < 4.78 is 25.2. The average Bonchev–Trinajstić information content (AvgIpc) is 2.53. The molecule has 0 aliphatic heterocycles. The molecule has 1 amide bonds. The van der Waals surface area contributed by atoms with Crippen LogP contribution in [-0.4, -0.2) is 27.1 Å². The first kappa shape index (κ1) is 18.0. The first-order valence-corrected chi connectivity index (χ1v) is 9.51. The van der Waals surface area contributed by atoms with Crippen LogP contribution in [0, 0.1) is 6.92 Å². The van der Waals surface area contributed by atoms with E-state index in [0.717, 1.165) is 21.7 Å². The highest BCUT2D eigenvalue weighted by Crippen LogP contribution is 2.18. The lowest BCUT2D eigenvalue weighted by atomic mass is 10.1. The first-order valence-electron chi connectivity index (χ1n) is 7.66. The molecule has 0 aliphatic rings. The number of anilines is 1. The number of benzene rings is 2. The van der Waals surface area contributed by atoms with Crippen molar-refractivity contribution in [3.63, 3.8) is 0 Å². The molecule has 1 atom stereocenters. The van der Waals surface area contributed by atoms with Gasteiger partial charge in [0.25, 0.3) is 0 Å². The Labute approximate surface area is 143 Å². The molecule has 0 unspecified atom stereocenters. The fraction of sp³-hybridized carbons (Fsp3) is 0.278. The third-order valence-corrected chi connectivity index (χ3v) is 4.83. The molecule has 5 nitrogen and oxygen atoms in total. The van der Waals surface area contributed by atoms with Gasteiger partial charge in [0.1, 0.15) is 6.54 Å². The van der Waals surface area contributed by atoms with E-state index in [1.807, 2.05) is 56.3 Å². The van der Waals surface area contributed by atoms with Gasteiger partial charge in [0.15, 0.2) is 0 Å². The van der Waals surface area contributed by atoms with E-state index in [4.69, 9.17) is 0 Å². The van der Waals surface area contributed by atoms with Gasteiger partial charge in [-0.2, -0.15) is 0 Å². The average molecular weight is 346 g/mol. The Hall–Kier alpha value is -2.34. The summed E-state index contributed by atoms with van der Waals surface area (Å²) in [7, 11) is -3.55. The fourth-order valence-corrected chi connectivity index (χ4v) is 3.21. The van der Waals surface area contributed by atoms with Crippen LogP contribution < -0.4 is 9.62 Å². The number of sulfonamides is 1. The molecule has 0 fully saturated rings. The fourth-order valence-electron chi connectivity index (χ4n) is 2.35. The Bertz CT molecular complexity index is 787. The van der Waals surface area contributed by atoms with Crippen molar-refractivity contribution >= 4 is 21.6 Å². The molecule has 128 valence electrons. The van der Waals surface area contributed by atoms with Crippen LogP contribution in [0.2, 0.25) is 0 Å². The molecule has 0 aliphatic carbocycles. The van der Waals surface area contributed by atoms with Crippen LogP contribution in [0.15, 0.2) is 54.6 Å². The minimum atomic E-state index is -3.55. The lowest BCUT2D eigenvalue weighted by Gasteiger charge is -2.23. The quantitative estimate of drug-likeness (QED) is 0.874. The lowest BCUT2D eigenvalue weighted by Crippen LogP contribution is -2.41. The highest BCUT2D eigenvalue weighted by Gasteiger charge is 2.21. The monoisotopic (exact) mass is 346 g/mol. The summed E-state index contributed by atoms with van der Waals surface area (Å²) in [6.45, 7) is 3.53. The van der Waals surface area contributed by atoms with E-state index in [1.165, 1.54) is 0 Å². The topological polar surface area (TPSA) is 66.5 Å². The van der Waals surface area contributed by atoms with Crippen LogP contribution in [0.4, 0.5) is 5.69 Å². The second-order valence-electron chi connectivity index (χ2n) is 5.81. The van der Waals surface area contributed by atoms with Gasteiger partial charge in [-0.15, -0.1) is 0 Å². The van der Waals surface area contributed by atoms with Crippen molar-refractivity contribution in [2.75, 3.05) is 17.1 Å². The smallest absolute Gasteiger partial charge is 0.241 e. The van der Waals surface area contributed by atoms with E-state index in [9.17, 15) is 13.2 Å². The SMILES string of the molecule is Cc1ccc(N(CC(=O)N[C@H](C)c2ccccc2)S(C)(=O)=O)cc1. The maximum Gasteiger partial charge on any atom is 0.241 e. The predicted octanol–water partition coefficient (Wildman–Crippen LogP) is 2.64. The van der Waals surface area contributed by atoms with Crippen LogP contribution in [-0.2, 0) is 14.8 Å². The van der Waals surface area contributed by atoms with Gasteiger partial charge in [0.05, 0.1) is 18.0 Å². The number of amides is 1. The van der Waals surface area contributed by atoms with E-state index in [2.05, 4.69) is 5.32 Å².